The van der Waals surface area contributed by atoms with Gasteiger partial charge in [0.15, 0.2) is 11.5 Å². The summed E-state index contributed by atoms with van der Waals surface area (Å²) >= 11 is 0. The number of aryl methyl sites for hydroxylation is 1. The van der Waals surface area contributed by atoms with E-state index < -0.39 is 0 Å². The van der Waals surface area contributed by atoms with E-state index in [-0.39, 0.29) is 11.9 Å². The van der Waals surface area contributed by atoms with Crippen molar-refractivity contribution >= 4 is 5.91 Å². The van der Waals surface area contributed by atoms with Crippen LogP contribution in [-0.4, -0.2) is 38.2 Å². The molecule has 0 fully saturated rings. The number of ether oxygens (including phenoxy) is 3. The fraction of sp³-hybridized carbons (Fsp3) is 0.321. The SMILES string of the molecule is CCc1ccc(OCC2c3cc(OC)c(OC)cc3CCN2C(=O)Cc2ccccc2)cc1. The van der Waals surface area contributed by atoms with Crippen LogP contribution < -0.4 is 14.2 Å². The van der Waals surface area contributed by atoms with E-state index in [2.05, 4.69) is 19.1 Å². The zero-order valence-corrected chi connectivity index (χ0v) is 19.5. The summed E-state index contributed by atoms with van der Waals surface area (Å²) in [6.07, 6.45) is 2.11. The molecule has 0 saturated carbocycles. The third-order valence-electron chi connectivity index (χ3n) is 6.26. The normalized spacial score (nSPS) is 15.0. The lowest BCUT2D eigenvalue weighted by Gasteiger charge is -2.37. The van der Waals surface area contributed by atoms with Crippen molar-refractivity contribution < 1.29 is 19.0 Å². The summed E-state index contributed by atoms with van der Waals surface area (Å²) in [7, 11) is 3.27. The van der Waals surface area contributed by atoms with Gasteiger partial charge in [-0.2, -0.15) is 0 Å². The molecule has 1 atom stereocenters. The smallest absolute Gasteiger partial charge is 0.227 e. The third kappa shape index (κ3) is 5.14. The van der Waals surface area contributed by atoms with Crippen LogP contribution in [0.5, 0.6) is 17.2 Å². The number of benzene rings is 3. The predicted octanol–water partition coefficient (Wildman–Crippen LogP) is 5.01. The lowest BCUT2D eigenvalue weighted by atomic mass is 9.91. The molecular weight excluding hydrogens is 414 g/mol. The number of methoxy groups -OCH3 is 2. The van der Waals surface area contributed by atoms with Gasteiger partial charge in [-0.05, 0) is 59.4 Å². The van der Waals surface area contributed by atoms with Crippen LogP contribution in [0.25, 0.3) is 0 Å². The third-order valence-corrected chi connectivity index (χ3v) is 6.26. The Hall–Kier alpha value is -3.47. The molecule has 1 aliphatic heterocycles. The van der Waals surface area contributed by atoms with Crippen LogP contribution in [-0.2, 0) is 24.1 Å². The number of hydrogen-bond acceptors (Lipinski definition) is 4. The number of rotatable bonds is 8. The lowest BCUT2D eigenvalue weighted by molar-refractivity contribution is -0.134. The van der Waals surface area contributed by atoms with Crippen LogP contribution in [0, 0.1) is 0 Å². The largest absolute Gasteiger partial charge is 0.493 e. The highest BCUT2D eigenvalue weighted by atomic mass is 16.5. The minimum absolute atomic E-state index is 0.0940. The molecule has 5 nitrogen and oxygen atoms in total. The van der Waals surface area contributed by atoms with Gasteiger partial charge in [0.1, 0.15) is 12.4 Å². The summed E-state index contributed by atoms with van der Waals surface area (Å²) in [5, 5.41) is 0. The van der Waals surface area contributed by atoms with Crippen LogP contribution in [0.1, 0.15) is 35.2 Å². The van der Waals surface area contributed by atoms with Gasteiger partial charge in [-0.3, -0.25) is 4.79 Å². The van der Waals surface area contributed by atoms with E-state index in [9.17, 15) is 4.79 Å². The highest BCUT2D eigenvalue weighted by Gasteiger charge is 2.32. The van der Waals surface area contributed by atoms with Gasteiger partial charge in [0.2, 0.25) is 5.91 Å². The zero-order chi connectivity index (χ0) is 23.2. The van der Waals surface area contributed by atoms with Crippen LogP contribution >= 0.6 is 0 Å². The van der Waals surface area contributed by atoms with Gasteiger partial charge in [-0.15, -0.1) is 0 Å². The molecule has 0 radical (unpaired) electrons. The van der Waals surface area contributed by atoms with Crippen molar-refractivity contribution in [1.29, 1.82) is 0 Å². The molecule has 5 heteroatoms. The molecule has 0 bridgehead atoms. The van der Waals surface area contributed by atoms with Gasteiger partial charge in [0.25, 0.3) is 0 Å². The minimum atomic E-state index is -0.212. The number of nitrogens with zero attached hydrogens (tertiary/aromatic N) is 1. The average Bonchev–Trinajstić information content (AvgIpc) is 2.87. The topological polar surface area (TPSA) is 48.0 Å². The van der Waals surface area contributed by atoms with Crippen molar-refractivity contribution in [1.82, 2.24) is 4.90 Å². The summed E-state index contributed by atoms with van der Waals surface area (Å²) in [4.78, 5) is 15.3. The molecule has 3 aromatic carbocycles. The Labute approximate surface area is 195 Å². The molecule has 1 heterocycles. The fourth-order valence-corrected chi connectivity index (χ4v) is 4.37. The molecular formula is C28H31NO4. The van der Waals surface area contributed by atoms with E-state index in [1.165, 1.54) is 5.56 Å². The van der Waals surface area contributed by atoms with Crippen molar-refractivity contribution in [3.63, 3.8) is 0 Å². The first kappa shape index (κ1) is 22.7. The highest BCUT2D eigenvalue weighted by Crippen LogP contribution is 2.38. The molecule has 172 valence electrons. The maximum Gasteiger partial charge on any atom is 0.227 e. The molecule has 3 aromatic rings. The van der Waals surface area contributed by atoms with Crippen molar-refractivity contribution in [3.05, 3.63) is 89.0 Å². The predicted molar refractivity (Wildman–Crippen MR) is 129 cm³/mol. The van der Waals surface area contributed by atoms with Crippen LogP contribution in [0.15, 0.2) is 66.7 Å². The Morgan fingerprint density at radius 1 is 0.939 bits per heavy atom. The number of carbonyl (C=O) groups is 1. The van der Waals surface area contributed by atoms with E-state index in [1.807, 2.05) is 59.5 Å². The van der Waals surface area contributed by atoms with E-state index in [0.717, 1.165) is 35.3 Å². The average molecular weight is 446 g/mol. The second kappa shape index (κ2) is 10.4. The van der Waals surface area contributed by atoms with Crippen molar-refractivity contribution in [2.24, 2.45) is 0 Å². The zero-order valence-electron chi connectivity index (χ0n) is 19.5. The van der Waals surface area contributed by atoms with Gasteiger partial charge >= 0.3 is 0 Å². The van der Waals surface area contributed by atoms with E-state index in [0.29, 0.717) is 31.1 Å². The number of fused-ring (bicyclic) bond motifs is 1. The van der Waals surface area contributed by atoms with Gasteiger partial charge in [0, 0.05) is 6.54 Å². The Kier molecular flexibility index (Phi) is 7.18. The Balaban J connectivity index is 1.63. The van der Waals surface area contributed by atoms with E-state index in [4.69, 9.17) is 14.2 Å². The minimum Gasteiger partial charge on any atom is -0.493 e. The van der Waals surface area contributed by atoms with Crippen LogP contribution in [0.2, 0.25) is 0 Å². The van der Waals surface area contributed by atoms with E-state index >= 15 is 0 Å². The summed E-state index contributed by atoms with van der Waals surface area (Å²) in [5.41, 5.74) is 4.48. The highest BCUT2D eigenvalue weighted by molar-refractivity contribution is 5.79. The molecule has 33 heavy (non-hydrogen) atoms. The molecule has 0 aromatic heterocycles. The Bertz CT molecular complexity index is 1080. The van der Waals surface area contributed by atoms with Crippen molar-refractivity contribution in [3.8, 4) is 17.2 Å². The Morgan fingerprint density at radius 3 is 2.30 bits per heavy atom. The Morgan fingerprint density at radius 2 is 1.64 bits per heavy atom. The number of hydrogen-bond donors (Lipinski definition) is 0. The summed E-state index contributed by atoms with van der Waals surface area (Å²) in [6.45, 7) is 3.14. The second-order valence-electron chi connectivity index (χ2n) is 8.23. The number of carbonyl (C=O) groups excluding carboxylic acids is 1. The molecule has 0 aliphatic carbocycles. The first-order chi connectivity index (χ1) is 16.1. The summed E-state index contributed by atoms with van der Waals surface area (Å²) in [5.74, 6) is 2.26. The standard InChI is InChI=1S/C28H31NO4/c1-4-20-10-12-23(13-11-20)33-19-25-24-18-27(32-3)26(31-2)17-22(24)14-15-29(25)28(30)16-21-8-6-5-7-9-21/h5-13,17-18,25H,4,14-16,19H2,1-3H3. The quantitative estimate of drug-likeness (QED) is 0.489. The summed E-state index contributed by atoms with van der Waals surface area (Å²) in [6, 6.07) is 21.8. The van der Waals surface area contributed by atoms with Crippen LogP contribution in [0.3, 0.4) is 0 Å². The van der Waals surface area contributed by atoms with Crippen molar-refractivity contribution in [2.45, 2.75) is 32.2 Å². The van der Waals surface area contributed by atoms with Crippen molar-refractivity contribution in [2.75, 3.05) is 27.4 Å². The van der Waals surface area contributed by atoms with Crippen LogP contribution in [0.4, 0.5) is 0 Å². The molecule has 1 amide bonds. The maximum atomic E-state index is 13.4. The molecule has 4 rings (SSSR count). The molecule has 0 saturated heterocycles. The number of amides is 1. The fourth-order valence-electron chi connectivity index (χ4n) is 4.37. The van der Waals surface area contributed by atoms with Gasteiger partial charge in [-0.1, -0.05) is 49.4 Å². The summed E-state index contributed by atoms with van der Waals surface area (Å²) < 4.78 is 17.3. The van der Waals surface area contributed by atoms with Gasteiger partial charge < -0.3 is 19.1 Å². The monoisotopic (exact) mass is 445 g/mol. The molecule has 0 N–H and O–H groups in total. The molecule has 1 unspecified atom stereocenters. The van der Waals surface area contributed by atoms with Gasteiger partial charge in [-0.25, -0.2) is 0 Å². The second-order valence-corrected chi connectivity index (χ2v) is 8.23. The van der Waals surface area contributed by atoms with Gasteiger partial charge in [0.05, 0.1) is 26.7 Å². The molecule has 1 aliphatic rings. The van der Waals surface area contributed by atoms with E-state index in [1.54, 1.807) is 14.2 Å². The first-order valence-corrected chi connectivity index (χ1v) is 11.4. The lowest BCUT2D eigenvalue weighted by Crippen LogP contribution is -2.43. The molecule has 0 spiro atoms. The maximum absolute atomic E-state index is 13.4. The first-order valence-electron chi connectivity index (χ1n) is 11.4.